The van der Waals surface area contributed by atoms with Gasteiger partial charge in [-0.15, -0.1) is 0 Å². The second kappa shape index (κ2) is 5.68. The van der Waals surface area contributed by atoms with E-state index in [1.807, 2.05) is 0 Å². The summed E-state index contributed by atoms with van der Waals surface area (Å²) in [5.74, 6) is 0.194. The molecule has 4 heteroatoms. The van der Waals surface area contributed by atoms with Crippen molar-refractivity contribution >= 4 is 27.5 Å². The van der Waals surface area contributed by atoms with Crippen LogP contribution in [0.5, 0.6) is 0 Å². The fourth-order valence-corrected chi connectivity index (χ4v) is 3.56. The summed E-state index contributed by atoms with van der Waals surface area (Å²) >= 11 is 9.67. The average molecular weight is 322 g/mol. The molecule has 1 aliphatic rings. The third-order valence-electron chi connectivity index (χ3n) is 3.36. The molecule has 0 aliphatic carbocycles. The maximum Gasteiger partial charge on any atom is 0.127 e. The van der Waals surface area contributed by atoms with Gasteiger partial charge in [-0.25, -0.2) is 4.39 Å². The lowest BCUT2D eigenvalue weighted by molar-refractivity contribution is 0.105. The summed E-state index contributed by atoms with van der Waals surface area (Å²) in [7, 11) is 0. The number of hydrogen-bond acceptors (Lipinski definition) is 1. The molecular formula is C13H15BrClFO. The van der Waals surface area contributed by atoms with Gasteiger partial charge in [0.1, 0.15) is 5.82 Å². The second-order valence-electron chi connectivity index (χ2n) is 4.45. The van der Waals surface area contributed by atoms with Gasteiger partial charge in [-0.3, -0.25) is 0 Å². The zero-order valence-electron chi connectivity index (χ0n) is 9.63. The molecule has 0 spiro atoms. The molecule has 0 aromatic heterocycles. The molecule has 1 saturated heterocycles. The second-order valence-corrected chi connectivity index (χ2v) is 6.03. The van der Waals surface area contributed by atoms with Crippen molar-refractivity contribution in [2.24, 2.45) is 5.92 Å². The third kappa shape index (κ3) is 3.01. The number of alkyl halides is 1. The molecule has 2 rings (SSSR count). The van der Waals surface area contributed by atoms with Crippen LogP contribution in [0.15, 0.2) is 18.2 Å². The van der Waals surface area contributed by atoms with Crippen molar-refractivity contribution in [3.63, 3.8) is 0 Å². The first kappa shape index (κ1) is 13.3. The quantitative estimate of drug-likeness (QED) is 0.758. The molecule has 1 aliphatic heterocycles. The van der Waals surface area contributed by atoms with Crippen LogP contribution in [0, 0.1) is 11.7 Å². The standard InChI is InChI=1S/C13H15BrClFO/c1-8-9(5-6-17-8)11(14)7-10-12(15)3-2-4-13(10)16/h2-4,8-9,11H,5-7H2,1H3. The molecule has 0 radical (unpaired) electrons. The van der Waals surface area contributed by atoms with Gasteiger partial charge in [-0.05, 0) is 37.8 Å². The molecule has 1 nitrogen and oxygen atoms in total. The fourth-order valence-electron chi connectivity index (χ4n) is 2.30. The van der Waals surface area contributed by atoms with Crippen LogP contribution in [0.4, 0.5) is 4.39 Å². The molecular weight excluding hydrogens is 306 g/mol. The minimum atomic E-state index is -0.228. The van der Waals surface area contributed by atoms with Crippen molar-refractivity contribution in [2.75, 3.05) is 6.61 Å². The molecule has 17 heavy (non-hydrogen) atoms. The molecule has 1 aromatic rings. The fraction of sp³-hybridized carbons (Fsp3) is 0.538. The van der Waals surface area contributed by atoms with E-state index in [2.05, 4.69) is 22.9 Å². The topological polar surface area (TPSA) is 9.23 Å². The molecule has 0 amide bonds. The zero-order valence-corrected chi connectivity index (χ0v) is 12.0. The summed E-state index contributed by atoms with van der Waals surface area (Å²) in [6.07, 6.45) is 1.84. The van der Waals surface area contributed by atoms with Gasteiger partial charge in [0.25, 0.3) is 0 Å². The van der Waals surface area contributed by atoms with Crippen LogP contribution in [0.2, 0.25) is 5.02 Å². The molecule has 0 N–H and O–H groups in total. The largest absolute Gasteiger partial charge is 0.378 e. The first-order chi connectivity index (χ1) is 8.09. The lowest BCUT2D eigenvalue weighted by atomic mass is 9.94. The highest BCUT2D eigenvalue weighted by atomic mass is 79.9. The predicted octanol–water partition coefficient (Wildman–Crippen LogP) is 4.21. The van der Waals surface area contributed by atoms with Crippen molar-refractivity contribution in [3.8, 4) is 0 Å². The van der Waals surface area contributed by atoms with Crippen molar-refractivity contribution in [1.29, 1.82) is 0 Å². The van der Waals surface area contributed by atoms with Gasteiger partial charge in [0.15, 0.2) is 0 Å². The summed E-state index contributed by atoms with van der Waals surface area (Å²) in [6, 6.07) is 4.81. The van der Waals surface area contributed by atoms with Crippen LogP contribution in [0.3, 0.4) is 0 Å². The summed E-state index contributed by atoms with van der Waals surface area (Å²) < 4.78 is 19.2. The molecule has 0 bridgehead atoms. The summed E-state index contributed by atoms with van der Waals surface area (Å²) in [6.45, 7) is 2.85. The van der Waals surface area contributed by atoms with E-state index in [4.69, 9.17) is 16.3 Å². The van der Waals surface area contributed by atoms with Gasteiger partial charge in [-0.2, -0.15) is 0 Å². The van der Waals surface area contributed by atoms with Crippen LogP contribution < -0.4 is 0 Å². The van der Waals surface area contributed by atoms with E-state index in [0.717, 1.165) is 13.0 Å². The van der Waals surface area contributed by atoms with Crippen LogP contribution in [0.25, 0.3) is 0 Å². The number of benzene rings is 1. The molecule has 1 heterocycles. The van der Waals surface area contributed by atoms with Gasteiger partial charge >= 0.3 is 0 Å². The lowest BCUT2D eigenvalue weighted by Crippen LogP contribution is -2.23. The summed E-state index contributed by atoms with van der Waals surface area (Å²) in [5, 5.41) is 0.501. The Balaban J connectivity index is 2.10. The first-order valence-electron chi connectivity index (χ1n) is 5.78. The number of rotatable bonds is 3. The van der Waals surface area contributed by atoms with Gasteiger partial charge in [0.2, 0.25) is 0 Å². The Morgan fingerprint density at radius 2 is 2.35 bits per heavy atom. The molecule has 1 fully saturated rings. The van der Waals surface area contributed by atoms with E-state index < -0.39 is 0 Å². The molecule has 94 valence electrons. The van der Waals surface area contributed by atoms with Crippen molar-refractivity contribution in [1.82, 2.24) is 0 Å². The molecule has 0 saturated carbocycles. The number of halogens is 3. The molecule has 3 atom stereocenters. The average Bonchev–Trinajstić information content (AvgIpc) is 2.70. The highest BCUT2D eigenvalue weighted by Gasteiger charge is 2.31. The van der Waals surface area contributed by atoms with E-state index in [1.165, 1.54) is 6.07 Å². The minimum absolute atomic E-state index is 0.203. The Bertz CT molecular complexity index is 379. The van der Waals surface area contributed by atoms with Crippen LogP contribution in [-0.2, 0) is 11.2 Å². The SMILES string of the molecule is CC1OCCC1C(Br)Cc1c(F)cccc1Cl. The summed E-state index contributed by atoms with van der Waals surface area (Å²) in [5.41, 5.74) is 0.593. The third-order valence-corrected chi connectivity index (χ3v) is 4.72. The molecule has 1 aromatic carbocycles. The van der Waals surface area contributed by atoms with Gasteiger partial charge in [0.05, 0.1) is 6.10 Å². The van der Waals surface area contributed by atoms with E-state index in [-0.39, 0.29) is 16.7 Å². The number of ether oxygens (including phenoxy) is 1. The zero-order chi connectivity index (χ0) is 12.4. The van der Waals surface area contributed by atoms with Crippen molar-refractivity contribution in [2.45, 2.75) is 30.7 Å². The normalized spacial score (nSPS) is 26.1. The highest BCUT2D eigenvalue weighted by Crippen LogP contribution is 2.32. The van der Waals surface area contributed by atoms with Crippen LogP contribution >= 0.6 is 27.5 Å². The Morgan fingerprint density at radius 3 is 2.94 bits per heavy atom. The van der Waals surface area contributed by atoms with E-state index in [0.29, 0.717) is 22.9 Å². The van der Waals surface area contributed by atoms with Gasteiger partial charge < -0.3 is 4.74 Å². The van der Waals surface area contributed by atoms with E-state index in [1.54, 1.807) is 12.1 Å². The van der Waals surface area contributed by atoms with Gasteiger partial charge in [0, 0.05) is 22.0 Å². The smallest absolute Gasteiger partial charge is 0.127 e. The lowest BCUT2D eigenvalue weighted by Gasteiger charge is -2.21. The summed E-state index contributed by atoms with van der Waals surface area (Å²) in [4.78, 5) is 0.203. The Morgan fingerprint density at radius 1 is 1.59 bits per heavy atom. The van der Waals surface area contributed by atoms with Crippen LogP contribution in [-0.4, -0.2) is 17.5 Å². The van der Waals surface area contributed by atoms with Gasteiger partial charge in [-0.1, -0.05) is 33.6 Å². The maximum absolute atomic E-state index is 13.7. The monoisotopic (exact) mass is 320 g/mol. The van der Waals surface area contributed by atoms with Crippen molar-refractivity contribution in [3.05, 3.63) is 34.6 Å². The Kier molecular flexibility index (Phi) is 4.45. The first-order valence-corrected chi connectivity index (χ1v) is 7.07. The minimum Gasteiger partial charge on any atom is -0.378 e. The maximum atomic E-state index is 13.7. The van der Waals surface area contributed by atoms with Crippen LogP contribution in [0.1, 0.15) is 18.9 Å². The van der Waals surface area contributed by atoms with Crippen molar-refractivity contribution < 1.29 is 9.13 Å². The Hall–Kier alpha value is -0.120. The predicted molar refractivity (Wildman–Crippen MR) is 71.4 cm³/mol. The highest BCUT2D eigenvalue weighted by molar-refractivity contribution is 9.09. The van der Waals surface area contributed by atoms with E-state index in [9.17, 15) is 4.39 Å². The Labute approximate surface area is 114 Å². The number of hydrogen-bond donors (Lipinski definition) is 0. The van der Waals surface area contributed by atoms with E-state index >= 15 is 0 Å². The molecule has 3 unspecified atom stereocenters.